The van der Waals surface area contributed by atoms with Crippen LogP contribution >= 0.6 is 11.3 Å². The second kappa shape index (κ2) is 13.3. The van der Waals surface area contributed by atoms with E-state index in [0.717, 1.165) is 33.8 Å². The Bertz CT molecular complexity index is 3160. The minimum Gasteiger partial charge on any atom is -0.344 e. The van der Waals surface area contributed by atoms with Gasteiger partial charge in [-0.05, 0) is 70.3 Å². The third-order valence-electron chi connectivity index (χ3n) is 10.9. The van der Waals surface area contributed by atoms with Crippen molar-refractivity contribution in [1.29, 1.82) is 0 Å². The number of thiophene rings is 1. The van der Waals surface area contributed by atoms with Crippen molar-refractivity contribution in [1.82, 2.24) is 9.88 Å². The van der Waals surface area contributed by atoms with E-state index in [1.54, 1.807) is 0 Å². The number of rotatable bonds is 6. The average Bonchev–Trinajstić information content (AvgIpc) is 3.82. The minimum atomic E-state index is -0.265. The molecule has 56 heavy (non-hydrogen) atoms. The highest BCUT2D eigenvalue weighted by Crippen LogP contribution is 2.42. The van der Waals surface area contributed by atoms with Gasteiger partial charge in [0, 0.05) is 47.8 Å². The number of nitrogens with zero attached hydrogens (tertiary/aromatic N) is 3. The van der Waals surface area contributed by atoms with Gasteiger partial charge in [-0.15, -0.1) is 11.3 Å². The van der Waals surface area contributed by atoms with Crippen LogP contribution in [0.15, 0.2) is 204 Å². The first-order chi connectivity index (χ1) is 27.7. The Kier molecular flexibility index (Phi) is 7.71. The van der Waals surface area contributed by atoms with Crippen LogP contribution in [0.1, 0.15) is 22.9 Å². The highest BCUT2D eigenvalue weighted by Gasteiger charge is 2.22. The first-order valence-electron chi connectivity index (χ1n) is 18.9. The molecule has 0 amide bonds. The molecule has 1 atom stereocenters. The van der Waals surface area contributed by atoms with Crippen LogP contribution < -0.4 is 5.32 Å². The number of benzene rings is 8. The molecule has 264 valence electrons. The number of hydrogen-bond acceptors (Lipinski definition) is 4. The van der Waals surface area contributed by atoms with Crippen molar-refractivity contribution in [2.75, 3.05) is 0 Å². The fourth-order valence-electron chi connectivity index (χ4n) is 8.21. The number of fused-ring (bicyclic) bond motifs is 6. The fraction of sp³-hybridized carbons (Fsp3) is 0.0196. The molecule has 0 fully saturated rings. The lowest BCUT2D eigenvalue weighted by Gasteiger charge is -2.23. The third-order valence-corrected chi connectivity index (χ3v) is 12.0. The van der Waals surface area contributed by atoms with E-state index in [4.69, 9.17) is 9.98 Å². The van der Waals surface area contributed by atoms with Crippen LogP contribution in [0.2, 0.25) is 0 Å². The zero-order valence-electron chi connectivity index (χ0n) is 30.3. The topological polar surface area (TPSA) is 41.7 Å². The van der Waals surface area contributed by atoms with E-state index in [2.05, 4.69) is 180 Å². The molecule has 1 unspecified atom stereocenters. The maximum absolute atomic E-state index is 5.19. The average molecular weight is 735 g/mol. The molecule has 11 rings (SSSR count). The first-order valence-corrected chi connectivity index (χ1v) is 19.8. The molecule has 0 spiro atoms. The monoisotopic (exact) mass is 734 g/mol. The maximum atomic E-state index is 5.19. The SMILES string of the molecule is c1ccc(C2=NC(c3cccc(-c4cccc5c4c4cc(-c6ccccc6)ccc4n5-c4ccc5c(c4)sc4ccccc45)c3)=NC(c3ccccc3)N2)cc1. The highest BCUT2D eigenvalue weighted by atomic mass is 32.1. The molecule has 1 N–H and O–H groups in total. The number of hydrogen-bond donors (Lipinski definition) is 1. The fourth-order valence-corrected chi connectivity index (χ4v) is 9.35. The van der Waals surface area contributed by atoms with Gasteiger partial charge >= 0.3 is 0 Å². The van der Waals surface area contributed by atoms with Crippen molar-refractivity contribution in [3.63, 3.8) is 0 Å². The molecule has 0 bridgehead atoms. The lowest BCUT2D eigenvalue weighted by atomic mass is 9.96. The summed E-state index contributed by atoms with van der Waals surface area (Å²) < 4.78 is 5.04. The molecule has 0 radical (unpaired) electrons. The Hall–Kier alpha value is -7.08. The van der Waals surface area contributed by atoms with Crippen LogP contribution in [0.3, 0.4) is 0 Å². The molecule has 1 aliphatic heterocycles. The van der Waals surface area contributed by atoms with Crippen molar-refractivity contribution in [2.45, 2.75) is 6.17 Å². The van der Waals surface area contributed by atoms with Gasteiger partial charge < -0.3 is 9.88 Å². The Morgan fingerprint density at radius 3 is 2.00 bits per heavy atom. The summed E-state index contributed by atoms with van der Waals surface area (Å²) in [6, 6.07) is 69.3. The number of aromatic nitrogens is 1. The predicted octanol–water partition coefficient (Wildman–Crippen LogP) is 13.0. The zero-order valence-corrected chi connectivity index (χ0v) is 31.1. The lowest BCUT2D eigenvalue weighted by Crippen LogP contribution is -2.33. The van der Waals surface area contributed by atoms with Crippen LogP contribution in [-0.2, 0) is 0 Å². The van der Waals surface area contributed by atoms with Gasteiger partial charge in [0.05, 0.1) is 11.0 Å². The summed E-state index contributed by atoms with van der Waals surface area (Å²) in [5.41, 5.74) is 11.3. The molecule has 4 nitrogen and oxygen atoms in total. The Balaban J connectivity index is 1.11. The summed E-state index contributed by atoms with van der Waals surface area (Å²) >= 11 is 1.86. The van der Waals surface area contributed by atoms with Gasteiger partial charge in [0.25, 0.3) is 0 Å². The molecular weight excluding hydrogens is 701 g/mol. The van der Waals surface area contributed by atoms with Crippen molar-refractivity contribution in [2.24, 2.45) is 9.98 Å². The minimum absolute atomic E-state index is 0.265. The third kappa shape index (κ3) is 5.52. The molecule has 0 saturated heterocycles. The first kappa shape index (κ1) is 32.4. The molecular formula is C51H34N4S. The van der Waals surface area contributed by atoms with Crippen LogP contribution in [0, 0.1) is 0 Å². The van der Waals surface area contributed by atoms with Crippen molar-refractivity contribution in [3.05, 3.63) is 211 Å². The van der Waals surface area contributed by atoms with Crippen molar-refractivity contribution < 1.29 is 0 Å². The van der Waals surface area contributed by atoms with Gasteiger partial charge in [-0.1, -0.05) is 152 Å². The van der Waals surface area contributed by atoms with E-state index in [-0.39, 0.29) is 6.17 Å². The highest BCUT2D eigenvalue weighted by molar-refractivity contribution is 7.25. The molecule has 3 heterocycles. The van der Waals surface area contributed by atoms with Gasteiger partial charge in [0.15, 0.2) is 5.84 Å². The standard InChI is InChI=1S/C51H34N4S/c1-4-14-33(15-5-1)36-26-29-44-43(31-36)48-40(23-13-24-45(48)55(44)39-27-28-42-41-22-10-11-25-46(41)56-47(42)32-39)37-20-12-21-38(30-37)51-53-49(34-16-6-2-7-17-34)52-50(54-51)35-18-8-3-9-19-35/h1-32,49H,(H,52,53,54). The van der Waals surface area contributed by atoms with E-state index in [9.17, 15) is 0 Å². The van der Waals surface area contributed by atoms with E-state index in [1.807, 2.05) is 35.6 Å². The summed E-state index contributed by atoms with van der Waals surface area (Å²) in [5.74, 6) is 1.51. The van der Waals surface area contributed by atoms with Gasteiger partial charge in [-0.3, -0.25) is 0 Å². The van der Waals surface area contributed by atoms with Crippen LogP contribution in [0.25, 0.3) is 69.9 Å². The molecule has 10 aromatic rings. The smallest absolute Gasteiger partial charge is 0.159 e. The van der Waals surface area contributed by atoms with E-state index in [0.29, 0.717) is 5.84 Å². The second-order valence-corrected chi connectivity index (χ2v) is 15.3. The largest absolute Gasteiger partial charge is 0.344 e. The molecule has 5 heteroatoms. The van der Waals surface area contributed by atoms with E-state index >= 15 is 0 Å². The Morgan fingerprint density at radius 2 is 1.16 bits per heavy atom. The normalized spacial score (nSPS) is 14.2. The second-order valence-electron chi connectivity index (χ2n) is 14.2. The summed E-state index contributed by atoms with van der Waals surface area (Å²) in [6.45, 7) is 0. The Labute approximate surface area is 328 Å². The van der Waals surface area contributed by atoms with E-state index in [1.165, 1.54) is 58.7 Å². The Morgan fingerprint density at radius 1 is 0.464 bits per heavy atom. The van der Waals surface area contributed by atoms with Gasteiger partial charge in [0.2, 0.25) is 0 Å². The van der Waals surface area contributed by atoms with Gasteiger partial charge in [-0.2, -0.15) is 0 Å². The quantitative estimate of drug-likeness (QED) is 0.182. The molecule has 0 saturated carbocycles. The number of aliphatic imine (C=N–C) groups is 2. The maximum Gasteiger partial charge on any atom is 0.159 e. The zero-order chi connectivity index (χ0) is 37.0. The molecule has 0 aliphatic carbocycles. The molecule has 1 aliphatic rings. The number of nitrogens with one attached hydrogen (secondary N) is 1. The van der Waals surface area contributed by atoms with E-state index < -0.39 is 0 Å². The van der Waals surface area contributed by atoms with Crippen LogP contribution in [-0.4, -0.2) is 16.2 Å². The van der Waals surface area contributed by atoms with Crippen LogP contribution in [0.5, 0.6) is 0 Å². The van der Waals surface area contributed by atoms with Gasteiger partial charge in [-0.25, -0.2) is 9.98 Å². The summed E-state index contributed by atoms with van der Waals surface area (Å²) in [6.07, 6.45) is -0.265. The number of amidine groups is 2. The summed E-state index contributed by atoms with van der Waals surface area (Å²) in [5, 5.41) is 8.63. The van der Waals surface area contributed by atoms with Crippen molar-refractivity contribution >= 4 is 65.0 Å². The predicted molar refractivity (Wildman–Crippen MR) is 236 cm³/mol. The van der Waals surface area contributed by atoms with Crippen molar-refractivity contribution in [3.8, 4) is 27.9 Å². The van der Waals surface area contributed by atoms with Crippen LogP contribution in [0.4, 0.5) is 0 Å². The summed E-state index contributed by atoms with van der Waals surface area (Å²) in [7, 11) is 0. The molecule has 8 aromatic carbocycles. The summed E-state index contributed by atoms with van der Waals surface area (Å²) in [4.78, 5) is 10.3. The lowest BCUT2D eigenvalue weighted by molar-refractivity contribution is 0.674. The van der Waals surface area contributed by atoms with Gasteiger partial charge in [0.1, 0.15) is 12.0 Å². The molecule has 2 aromatic heterocycles.